The minimum absolute atomic E-state index is 0.0623. The number of carbonyl (C=O) groups is 3. The van der Waals surface area contributed by atoms with Crippen molar-refractivity contribution >= 4 is 28.4 Å². The molecule has 3 aromatic rings. The minimum atomic E-state index is -0.620. The summed E-state index contributed by atoms with van der Waals surface area (Å²) in [6.45, 7) is 2.91. The van der Waals surface area contributed by atoms with E-state index in [0.29, 0.717) is 25.2 Å². The molecule has 1 aliphatic rings. The molecule has 1 atom stereocenters. The Kier molecular flexibility index (Phi) is 5.08. The molecule has 6 heteroatoms. The number of fused-ring (bicyclic) bond motifs is 1. The second-order valence-corrected chi connectivity index (χ2v) is 7.21. The summed E-state index contributed by atoms with van der Waals surface area (Å²) in [6, 6.07) is 18.1. The molecule has 4 rings (SSSR count). The van der Waals surface area contributed by atoms with Gasteiger partial charge in [0, 0.05) is 42.8 Å². The molecule has 0 radical (unpaired) electrons. The molecule has 1 aliphatic heterocycles. The summed E-state index contributed by atoms with van der Waals surface area (Å²) in [5.74, 6) is -1.26. The van der Waals surface area contributed by atoms with Crippen LogP contribution in [0.4, 0.5) is 0 Å². The van der Waals surface area contributed by atoms with Crippen LogP contribution in [0, 0.1) is 0 Å². The molecule has 146 valence electrons. The second-order valence-electron chi connectivity index (χ2n) is 7.21. The molecular formula is C23H21N3O3. The zero-order valence-corrected chi connectivity index (χ0v) is 16.1. The lowest BCUT2D eigenvalue weighted by Crippen LogP contribution is -2.56. The van der Waals surface area contributed by atoms with Gasteiger partial charge in [-0.3, -0.25) is 19.4 Å². The van der Waals surface area contributed by atoms with E-state index in [4.69, 9.17) is 0 Å². The first-order valence-corrected chi connectivity index (χ1v) is 9.59. The Morgan fingerprint density at radius 3 is 2.34 bits per heavy atom. The molecular weight excluding hydrogens is 366 g/mol. The zero-order chi connectivity index (χ0) is 20.4. The molecule has 1 saturated heterocycles. The number of Topliss-reactive ketones (excluding diaryl/α,β-unsaturated/α-hetero) is 1. The molecule has 29 heavy (non-hydrogen) atoms. The van der Waals surface area contributed by atoms with E-state index in [2.05, 4.69) is 4.98 Å². The van der Waals surface area contributed by atoms with Gasteiger partial charge in [-0.2, -0.15) is 0 Å². The first kappa shape index (κ1) is 18.8. The van der Waals surface area contributed by atoms with Gasteiger partial charge in [0.1, 0.15) is 5.69 Å². The fraction of sp³-hybridized carbons (Fsp3) is 0.217. The number of aromatic nitrogens is 1. The molecule has 0 saturated carbocycles. The summed E-state index contributed by atoms with van der Waals surface area (Å²) in [7, 11) is 0. The molecule has 2 heterocycles. The molecule has 2 amide bonds. The molecule has 0 spiro atoms. The number of benzene rings is 2. The van der Waals surface area contributed by atoms with Crippen molar-refractivity contribution in [2.45, 2.75) is 13.0 Å². The van der Waals surface area contributed by atoms with E-state index < -0.39 is 11.7 Å². The summed E-state index contributed by atoms with van der Waals surface area (Å²) in [5.41, 5.74) is 0.764. The van der Waals surface area contributed by atoms with Crippen LogP contribution in [0.3, 0.4) is 0 Å². The van der Waals surface area contributed by atoms with E-state index in [1.807, 2.05) is 49.4 Å². The lowest BCUT2D eigenvalue weighted by atomic mass is 10.1. The van der Waals surface area contributed by atoms with Crippen molar-refractivity contribution in [3.05, 3.63) is 78.1 Å². The highest BCUT2D eigenvalue weighted by Crippen LogP contribution is 2.17. The van der Waals surface area contributed by atoms with Gasteiger partial charge in [0.2, 0.25) is 0 Å². The largest absolute Gasteiger partial charge is 0.332 e. The predicted octanol–water partition coefficient (Wildman–Crippen LogP) is 2.79. The fourth-order valence-corrected chi connectivity index (χ4v) is 3.65. The van der Waals surface area contributed by atoms with Crippen molar-refractivity contribution < 1.29 is 14.4 Å². The molecule has 0 unspecified atom stereocenters. The van der Waals surface area contributed by atoms with Crippen molar-refractivity contribution in [1.29, 1.82) is 0 Å². The number of nitrogens with zero attached hydrogens (tertiary/aromatic N) is 3. The van der Waals surface area contributed by atoms with E-state index in [1.54, 1.807) is 29.3 Å². The lowest BCUT2D eigenvalue weighted by molar-refractivity contribution is -0.128. The van der Waals surface area contributed by atoms with Crippen LogP contribution in [-0.4, -0.2) is 58.1 Å². The van der Waals surface area contributed by atoms with Crippen LogP contribution in [0.25, 0.3) is 10.8 Å². The fourth-order valence-electron chi connectivity index (χ4n) is 3.65. The van der Waals surface area contributed by atoms with Crippen LogP contribution in [0.15, 0.2) is 66.9 Å². The normalized spacial score (nSPS) is 16.7. The van der Waals surface area contributed by atoms with Crippen molar-refractivity contribution in [2.75, 3.05) is 19.6 Å². The van der Waals surface area contributed by atoms with Gasteiger partial charge in [-0.15, -0.1) is 0 Å². The Hall–Kier alpha value is -3.54. The average Bonchev–Trinajstić information content (AvgIpc) is 2.77. The molecule has 0 N–H and O–H groups in total. The summed E-state index contributed by atoms with van der Waals surface area (Å²) >= 11 is 0. The first-order chi connectivity index (χ1) is 14.0. The molecule has 1 fully saturated rings. The number of amides is 2. The summed E-state index contributed by atoms with van der Waals surface area (Å²) in [6.07, 6.45) is 1.61. The topological polar surface area (TPSA) is 70.6 Å². The molecule has 1 aromatic heterocycles. The van der Waals surface area contributed by atoms with Crippen molar-refractivity contribution in [2.24, 2.45) is 0 Å². The highest BCUT2D eigenvalue weighted by Gasteiger charge is 2.33. The maximum atomic E-state index is 12.8. The Morgan fingerprint density at radius 1 is 0.931 bits per heavy atom. The summed E-state index contributed by atoms with van der Waals surface area (Å²) in [4.78, 5) is 45.6. The van der Waals surface area contributed by atoms with Gasteiger partial charge in [-0.1, -0.05) is 42.5 Å². The molecule has 0 bridgehead atoms. The van der Waals surface area contributed by atoms with E-state index in [1.165, 1.54) is 4.90 Å². The standard InChI is InChI=1S/C23H21N3O3/c1-16-15-25(11-12-26(16)22(28)17-7-3-2-4-8-17)23(29)21(27)20-13-18-9-5-6-10-19(18)14-24-20/h2-10,13-14,16H,11-12,15H2,1H3/t16-/m1/s1. The average molecular weight is 387 g/mol. The van der Waals surface area contributed by atoms with Crippen molar-refractivity contribution in [1.82, 2.24) is 14.8 Å². The Balaban J connectivity index is 1.46. The smallest absolute Gasteiger partial charge is 0.296 e. The van der Waals surface area contributed by atoms with E-state index >= 15 is 0 Å². The van der Waals surface area contributed by atoms with Crippen molar-refractivity contribution in [3.63, 3.8) is 0 Å². The van der Waals surface area contributed by atoms with Gasteiger partial charge >= 0.3 is 0 Å². The number of hydrogen-bond acceptors (Lipinski definition) is 4. The van der Waals surface area contributed by atoms with Gasteiger partial charge in [-0.05, 0) is 30.5 Å². The maximum absolute atomic E-state index is 12.8. The highest BCUT2D eigenvalue weighted by molar-refractivity contribution is 6.42. The minimum Gasteiger partial charge on any atom is -0.332 e. The molecule has 2 aromatic carbocycles. The van der Waals surface area contributed by atoms with Gasteiger partial charge < -0.3 is 9.80 Å². The Bertz CT molecular complexity index is 1080. The SMILES string of the molecule is C[C@@H]1CN(C(=O)C(=O)c2cc3ccccc3cn2)CCN1C(=O)c1ccccc1. The first-order valence-electron chi connectivity index (χ1n) is 9.59. The predicted molar refractivity (Wildman–Crippen MR) is 110 cm³/mol. The van der Waals surface area contributed by atoms with Gasteiger partial charge in [0.05, 0.1) is 0 Å². The Labute approximate surface area is 168 Å². The third-order valence-electron chi connectivity index (χ3n) is 5.25. The van der Waals surface area contributed by atoms with Gasteiger partial charge in [0.25, 0.3) is 17.6 Å². The third-order valence-corrected chi connectivity index (χ3v) is 5.25. The number of carbonyl (C=O) groups excluding carboxylic acids is 3. The van der Waals surface area contributed by atoms with Crippen molar-refractivity contribution in [3.8, 4) is 0 Å². The quantitative estimate of drug-likeness (QED) is 0.512. The molecule has 6 nitrogen and oxygen atoms in total. The van der Waals surface area contributed by atoms with Crippen LogP contribution in [0.2, 0.25) is 0 Å². The monoisotopic (exact) mass is 387 g/mol. The summed E-state index contributed by atoms with van der Waals surface area (Å²) in [5, 5.41) is 1.78. The van der Waals surface area contributed by atoms with Gasteiger partial charge in [0.15, 0.2) is 0 Å². The number of pyridine rings is 1. The number of hydrogen-bond donors (Lipinski definition) is 0. The van der Waals surface area contributed by atoms with Crippen LogP contribution < -0.4 is 0 Å². The van der Waals surface area contributed by atoms with Crippen LogP contribution in [0.5, 0.6) is 0 Å². The Morgan fingerprint density at radius 2 is 1.62 bits per heavy atom. The third kappa shape index (κ3) is 3.74. The van der Waals surface area contributed by atoms with Crippen LogP contribution in [0.1, 0.15) is 27.8 Å². The highest BCUT2D eigenvalue weighted by atomic mass is 16.2. The van der Waals surface area contributed by atoms with E-state index in [0.717, 1.165) is 10.8 Å². The van der Waals surface area contributed by atoms with Crippen LogP contribution >= 0.6 is 0 Å². The molecule has 0 aliphatic carbocycles. The van der Waals surface area contributed by atoms with Gasteiger partial charge in [-0.25, -0.2) is 0 Å². The zero-order valence-electron chi connectivity index (χ0n) is 16.1. The van der Waals surface area contributed by atoms with E-state index in [-0.39, 0.29) is 17.6 Å². The lowest BCUT2D eigenvalue weighted by Gasteiger charge is -2.39. The summed E-state index contributed by atoms with van der Waals surface area (Å²) < 4.78 is 0. The van der Waals surface area contributed by atoms with E-state index in [9.17, 15) is 14.4 Å². The van der Waals surface area contributed by atoms with Crippen LogP contribution in [-0.2, 0) is 4.79 Å². The maximum Gasteiger partial charge on any atom is 0.296 e. The number of ketones is 1. The number of rotatable bonds is 3. The second kappa shape index (κ2) is 7.83. The number of piperazine rings is 1.